The molecule has 0 fully saturated rings. The monoisotopic (exact) mass is 241 g/mol. The lowest BCUT2D eigenvalue weighted by Crippen LogP contribution is -2.23. The van der Waals surface area contributed by atoms with Crippen molar-refractivity contribution in [1.29, 1.82) is 0 Å². The molecular weight excluding hydrogens is 230 g/mol. The molecule has 0 radical (unpaired) electrons. The first kappa shape index (κ1) is 12.8. The predicted octanol–water partition coefficient (Wildman–Crippen LogP) is 1.06. The molecule has 1 unspecified atom stereocenters. The standard InChI is InChI=1S/C9H11N3O5/c1-10-9(6-17-12(15)16)7-3-2-4-8(5-7)11(13)14/h2-5,9-10H,6H2,1H3. The van der Waals surface area contributed by atoms with Crippen molar-refractivity contribution in [2.75, 3.05) is 13.7 Å². The molecule has 0 heterocycles. The summed E-state index contributed by atoms with van der Waals surface area (Å²) < 4.78 is 0. The average molecular weight is 241 g/mol. The highest BCUT2D eigenvalue weighted by molar-refractivity contribution is 5.35. The first-order chi connectivity index (χ1) is 8.04. The topological polar surface area (TPSA) is 108 Å². The molecule has 0 aliphatic carbocycles. The van der Waals surface area contributed by atoms with Gasteiger partial charge in [0.05, 0.1) is 11.0 Å². The second-order valence-corrected chi connectivity index (χ2v) is 3.21. The van der Waals surface area contributed by atoms with Crippen LogP contribution < -0.4 is 5.32 Å². The molecule has 1 rings (SSSR count). The second-order valence-electron chi connectivity index (χ2n) is 3.21. The third-order valence-corrected chi connectivity index (χ3v) is 2.18. The fourth-order valence-corrected chi connectivity index (χ4v) is 1.34. The lowest BCUT2D eigenvalue weighted by Gasteiger charge is -2.14. The largest absolute Gasteiger partial charge is 0.312 e. The Morgan fingerprint density at radius 2 is 2.12 bits per heavy atom. The molecule has 0 aliphatic rings. The molecule has 92 valence electrons. The van der Waals surface area contributed by atoms with Crippen molar-refractivity contribution in [3.63, 3.8) is 0 Å². The smallest absolute Gasteiger partial charge is 0.294 e. The molecule has 0 spiro atoms. The van der Waals surface area contributed by atoms with Crippen molar-refractivity contribution in [3.8, 4) is 0 Å². The number of non-ortho nitro benzene ring substituents is 1. The van der Waals surface area contributed by atoms with E-state index in [2.05, 4.69) is 10.2 Å². The Bertz CT molecular complexity index is 423. The van der Waals surface area contributed by atoms with Crippen LogP contribution in [0, 0.1) is 20.2 Å². The van der Waals surface area contributed by atoms with Crippen LogP contribution in [0.15, 0.2) is 24.3 Å². The summed E-state index contributed by atoms with van der Waals surface area (Å²) in [5.41, 5.74) is 0.493. The maximum Gasteiger partial charge on any atom is 0.294 e. The lowest BCUT2D eigenvalue weighted by molar-refractivity contribution is -0.758. The molecule has 17 heavy (non-hydrogen) atoms. The summed E-state index contributed by atoms with van der Waals surface area (Å²) in [6.45, 7) is -0.204. The number of benzene rings is 1. The molecule has 0 bridgehead atoms. The van der Waals surface area contributed by atoms with Gasteiger partial charge in [0.1, 0.15) is 6.61 Å². The highest BCUT2D eigenvalue weighted by Gasteiger charge is 2.14. The molecule has 0 aliphatic heterocycles. The van der Waals surface area contributed by atoms with E-state index in [1.165, 1.54) is 18.2 Å². The number of nitrogens with one attached hydrogen (secondary N) is 1. The van der Waals surface area contributed by atoms with Crippen molar-refractivity contribution >= 4 is 5.69 Å². The number of nitro benzene ring substituents is 1. The molecule has 1 aromatic carbocycles. The van der Waals surface area contributed by atoms with E-state index in [1.54, 1.807) is 13.1 Å². The average Bonchev–Trinajstić information content (AvgIpc) is 2.30. The zero-order valence-corrected chi connectivity index (χ0v) is 9.03. The predicted molar refractivity (Wildman–Crippen MR) is 57.8 cm³/mol. The Morgan fingerprint density at radius 3 is 2.65 bits per heavy atom. The summed E-state index contributed by atoms with van der Waals surface area (Å²) in [5, 5.41) is 22.5. The van der Waals surface area contributed by atoms with Crippen molar-refractivity contribution in [3.05, 3.63) is 50.1 Å². The van der Waals surface area contributed by atoms with Crippen LogP contribution in [0.3, 0.4) is 0 Å². The van der Waals surface area contributed by atoms with Gasteiger partial charge in [-0.1, -0.05) is 12.1 Å². The van der Waals surface area contributed by atoms with Gasteiger partial charge in [0, 0.05) is 12.1 Å². The van der Waals surface area contributed by atoms with E-state index in [9.17, 15) is 20.2 Å². The van der Waals surface area contributed by atoms with E-state index >= 15 is 0 Å². The molecule has 0 saturated carbocycles. The number of rotatable bonds is 6. The Kier molecular flexibility index (Phi) is 4.35. The summed E-state index contributed by atoms with van der Waals surface area (Å²) in [4.78, 5) is 24.4. The van der Waals surface area contributed by atoms with Crippen molar-refractivity contribution < 1.29 is 14.8 Å². The van der Waals surface area contributed by atoms with E-state index in [1.807, 2.05) is 0 Å². The van der Waals surface area contributed by atoms with Crippen LogP contribution >= 0.6 is 0 Å². The van der Waals surface area contributed by atoms with Crippen LogP contribution in [-0.4, -0.2) is 23.7 Å². The number of hydrogen-bond acceptors (Lipinski definition) is 6. The lowest BCUT2D eigenvalue weighted by atomic mass is 10.1. The first-order valence-electron chi connectivity index (χ1n) is 4.73. The second kappa shape index (κ2) is 5.75. The quantitative estimate of drug-likeness (QED) is 0.589. The van der Waals surface area contributed by atoms with Crippen LogP contribution in [0.2, 0.25) is 0 Å². The van der Waals surface area contributed by atoms with Crippen molar-refractivity contribution in [2.24, 2.45) is 0 Å². The summed E-state index contributed by atoms with van der Waals surface area (Å²) in [7, 11) is 1.59. The number of nitrogens with zero attached hydrogens (tertiary/aromatic N) is 2. The molecule has 0 amide bonds. The minimum Gasteiger partial charge on any atom is -0.312 e. The summed E-state index contributed by atoms with van der Waals surface area (Å²) >= 11 is 0. The molecule has 0 saturated heterocycles. The van der Waals surface area contributed by atoms with Gasteiger partial charge in [0.15, 0.2) is 0 Å². The molecule has 1 atom stereocenters. The van der Waals surface area contributed by atoms with E-state index in [0.717, 1.165) is 0 Å². The number of nitro groups is 1. The zero-order valence-electron chi connectivity index (χ0n) is 9.03. The summed E-state index contributed by atoms with van der Waals surface area (Å²) in [6.07, 6.45) is 0. The Balaban J connectivity index is 2.84. The fraction of sp³-hybridized carbons (Fsp3) is 0.333. The van der Waals surface area contributed by atoms with Gasteiger partial charge in [-0.05, 0) is 12.6 Å². The van der Waals surface area contributed by atoms with E-state index in [4.69, 9.17) is 0 Å². The van der Waals surface area contributed by atoms with Gasteiger partial charge in [-0.15, -0.1) is 10.1 Å². The first-order valence-corrected chi connectivity index (χ1v) is 4.73. The van der Waals surface area contributed by atoms with Crippen LogP contribution in [0.4, 0.5) is 5.69 Å². The number of likely N-dealkylation sites (N-methyl/N-ethyl adjacent to an activating group) is 1. The Labute approximate surface area is 96.4 Å². The van der Waals surface area contributed by atoms with Gasteiger partial charge in [-0.25, -0.2) is 0 Å². The minimum absolute atomic E-state index is 0.0659. The maximum atomic E-state index is 10.6. The van der Waals surface area contributed by atoms with Crippen LogP contribution in [0.25, 0.3) is 0 Å². The molecule has 1 aromatic rings. The molecule has 8 heteroatoms. The van der Waals surface area contributed by atoms with Gasteiger partial charge in [-0.2, -0.15) is 0 Å². The highest BCUT2D eigenvalue weighted by atomic mass is 16.9. The number of hydrogen-bond donors (Lipinski definition) is 1. The zero-order chi connectivity index (χ0) is 12.8. The minimum atomic E-state index is -0.901. The third-order valence-electron chi connectivity index (χ3n) is 2.18. The van der Waals surface area contributed by atoms with Crippen molar-refractivity contribution in [1.82, 2.24) is 5.32 Å². The SMILES string of the molecule is CNC(CO[N+](=O)[O-])c1cccc([N+](=O)[O-])c1. The maximum absolute atomic E-state index is 10.6. The summed E-state index contributed by atoms with van der Waals surface area (Å²) in [6, 6.07) is 5.39. The van der Waals surface area contributed by atoms with E-state index in [-0.39, 0.29) is 12.3 Å². The third kappa shape index (κ3) is 3.68. The highest BCUT2D eigenvalue weighted by Crippen LogP contribution is 2.19. The Hall–Kier alpha value is -2.22. The van der Waals surface area contributed by atoms with E-state index in [0.29, 0.717) is 5.56 Å². The molecule has 1 N–H and O–H groups in total. The van der Waals surface area contributed by atoms with Gasteiger partial charge in [0.2, 0.25) is 0 Å². The van der Waals surface area contributed by atoms with E-state index < -0.39 is 16.1 Å². The van der Waals surface area contributed by atoms with Crippen molar-refractivity contribution in [2.45, 2.75) is 6.04 Å². The molecule has 8 nitrogen and oxygen atoms in total. The Morgan fingerprint density at radius 1 is 1.41 bits per heavy atom. The van der Waals surface area contributed by atoms with Crippen LogP contribution in [0.1, 0.15) is 11.6 Å². The normalized spacial score (nSPS) is 11.8. The van der Waals surface area contributed by atoms with Crippen LogP contribution in [-0.2, 0) is 4.84 Å². The van der Waals surface area contributed by atoms with Crippen LogP contribution in [0.5, 0.6) is 0 Å². The molecule has 0 aromatic heterocycles. The van der Waals surface area contributed by atoms with Gasteiger partial charge >= 0.3 is 0 Å². The summed E-state index contributed by atoms with van der Waals surface area (Å²) in [5.74, 6) is 0. The van der Waals surface area contributed by atoms with Gasteiger partial charge in [0.25, 0.3) is 10.8 Å². The van der Waals surface area contributed by atoms with Gasteiger partial charge in [-0.3, -0.25) is 10.1 Å². The molecular formula is C9H11N3O5. The van der Waals surface area contributed by atoms with Gasteiger partial charge < -0.3 is 10.2 Å². The fourth-order valence-electron chi connectivity index (χ4n) is 1.34.